The van der Waals surface area contributed by atoms with Crippen molar-refractivity contribution in [3.63, 3.8) is 0 Å². The van der Waals surface area contributed by atoms with E-state index in [4.69, 9.17) is 23.2 Å². The molecule has 0 aromatic heterocycles. The Kier molecular flexibility index (Phi) is 5.47. The van der Waals surface area contributed by atoms with Gasteiger partial charge in [0.2, 0.25) is 10.0 Å². The molecule has 3 rings (SSSR count). The second-order valence-corrected chi connectivity index (χ2v) is 8.58. The van der Waals surface area contributed by atoms with Crippen molar-refractivity contribution in [1.29, 1.82) is 0 Å². The smallest absolute Gasteiger partial charge is 0.243 e. The van der Waals surface area contributed by atoms with Crippen molar-refractivity contribution < 1.29 is 8.42 Å². The molecule has 2 aromatic rings. The Labute approximate surface area is 152 Å². The van der Waals surface area contributed by atoms with Crippen LogP contribution in [0.15, 0.2) is 53.4 Å². The summed E-state index contributed by atoms with van der Waals surface area (Å²) in [5.74, 6) is 0. The molecular weight excluding hydrogens is 367 g/mol. The van der Waals surface area contributed by atoms with Gasteiger partial charge in [0.15, 0.2) is 0 Å². The highest BCUT2D eigenvalue weighted by Gasteiger charge is 2.28. The van der Waals surface area contributed by atoms with E-state index in [1.54, 1.807) is 0 Å². The Balaban J connectivity index is 1.67. The van der Waals surface area contributed by atoms with Crippen LogP contribution in [-0.2, 0) is 16.6 Å². The Bertz CT molecular complexity index is 784. The summed E-state index contributed by atoms with van der Waals surface area (Å²) >= 11 is 11.9. The van der Waals surface area contributed by atoms with Gasteiger partial charge < -0.3 is 0 Å². The Hall–Kier alpha value is -1.11. The standard InChI is InChI=1S/C17H18Cl2N2O2S/c18-15-10-16(19)12-17(11-15)24(22,23)21-8-6-20(7-9-21)13-14-4-2-1-3-5-14/h1-5,10-12H,6-9,13H2. The van der Waals surface area contributed by atoms with Gasteiger partial charge in [-0.05, 0) is 23.8 Å². The number of hydrogen-bond donors (Lipinski definition) is 0. The SMILES string of the molecule is O=S(=O)(c1cc(Cl)cc(Cl)c1)N1CCN(Cc2ccccc2)CC1. The minimum atomic E-state index is -3.57. The largest absolute Gasteiger partial charge is 0.296 e. The summed E-state index contributed by atoms with van der Waals surface area (Å²) < 4.78 is 27.0. The highest BCUT2D eigenvalue weighted by Crippen LogP contribution is 2.25. The topological polar surface area (TPSA) is 40.6 Å². The first-order valence-corrected chi connectivity index (χ1v) is 9.87. The van der Waals surface area contributed by atoms with Gasteiger partial charge in [-0.25, -0.2) is 8.42 Å². The minimum absolute atomic E-state index is 0.150. The lowest BCUT2D eigenvalue weighted by atomic mass is 10.2. The first kappa shape index (κ1) is 17.7. The lowest BCUT2D eigenvalue weighted by Crippen LogP contribution is -2.48. The third kappa shape index (κ3) is 4.10. The van der Waals surface area contributed by atoms with E-state index in [1.165, 1.54) is 28.1 Å². The summed E-state index contributed by atoms with van der Waals surface area (Å²) in [5.41, 5.74) is 1.23. The van der Waals surface area contributed by atoms with Gasteiger partial charge in [-0.3, -0.25) is 4.90 Å². The van der Waals surface area contributed by atoms with Crippen LogP contribution in [0.4, 0.5) is 0 Å². The van der Waals surface area contributed by atoms with Gasteiger partial charge in [-0.1, -0.05) is 53.5 Å². The number of hydrogen-bond acceptors (Lipinski definition) is 3. The van der Waals surface area contributed by atoms with Gasteiger partial charge in [0.25, 0.3) is 0 Å². The van der Waals surface area contributed by atoms with Crippen LogP contribution in [0, 0.1) is 0 Å². The van der Waals surface area contributed by atoms with Gasteiger partial charge in [0.05, 0.1) is 4.90 Å². The zero-order valence-electron chi connectivity index (χ0n) is 13.0. The summed E-state index contributed by atoms with van der Waals surface area (Å²) in [6.07, 6.45) is 0. The van der Waals surface area contributed by atoms with Crippen LogP contribution in [0.3, 0.4) is 0 Å². The monoisotopic (exact) mass is 384 g/mol. The van der Waals surface area contributed by atoms with Crippen LogP contribution in [0.2, 0.25) is 10.0 Å². The zero-order valence-corrected chi connectivity index (χ0v) is 15.4. The van der Waals surface area contributed by atoms with Crippen molar-refractivity contribution in [1.82, 2.24) is 9.21 Å². The van der Waals surface area contributed by atoms with Crippen molar-refractivity contribution in [2.24, 2.45) is 0 Å². The van der Waals surface area contributed by atoms with Gasteiger partial charge in [0.1, 0.15) is 0 Å². The lowest BCUT2D eigenvalue weighted by molar-refractivity contribution is 0.181. The van der Waals surface area contributed by atoms with Crippen LogP contribution in [0.25, 0.3) is 0 Å². The van der Waals surface area contributed by atoms with Crippen molar-refractivity contribution in [2.45, 2.75) is 11.4 Å². The molecule has 24 heavy (non-hydrogen) atoms. The molecule has 2 aromatic carbocycles. The van der Waals surface area contributed by atoms with Gasteiger partial charge in [-0.15, -0.1) is 0 Å². The summed E-state index contributed by atoms with van der Waals surface area (Å²) in [7, 11) is -3.57. The van der Waals surface area contributed by atoms with Crippen molar-refractivity contribution >= 4 is 33.2 Å². The highest BCUT2D eigenvalue weighted by molar-refractivity contribution is 7.89. The number of sulfonamides is 1. The molecule has 1 fully saturated rings. The number of nitrogens with zero attached hydrogens (tertiary/aromatic N) is 2. The molecular formula is C17H18Cl2N2O2S. The van der Waals surface area contributed by atoms with E-state index >= 15 is 0 Å². The fraction of sp³-hybridized carbons (Fsp3) is 0.294. The maximum atomic E-state index is 12.7. The first-order chi connectivity index (χ1) is 11.4. The molecule has 1 aliphatic rings. The van der Waals surface area contributed by atoms with E-state index in [1.807, 2.05) is 18.2 Å². The number of rotatable bonds is 4. The molecule has 0 spiro atoms. The van der Waals surface area contributed by atoms with E-state index < -0.39 is 10.0 Å². The molecule has 0 radical (unpaired) electrons. The van der Waals surface area contributed by atoms with Gasteiger partial charge in [-0.2, -0.15) is 4.31 Å². The first-order valence-electron chi connectivity index (χ1n) is 7.68. The van der Waals surface area contributed by atoms with E-state index in [-0.39, 0.29) is 4.90 Å². The van der Waals surface area contributed by atoms with Crippen LogP contribution >= 0.6 is 23.2 Å². The Morgan fingerprint density at radius 2 is 1.46 bits per heavy atom. The minimum Gasteiger partial charge on any atom is -0.296 e. The highest BCUT2D eigenvalue weighted by atomic mass is 35.5. The molecule has 0 amide bonds. The third-order valence-electron chi connectivity index (χ3n) is 4.05. The molecule has 7 heteroatoms. The molecule has 1 aliphatic heterocycles. The van der Waals surface area contributed by atoms with E-state index in [0.29, 0.717) is 36.2 Å². The van der Waals surface area contributed by atoms with Crippen molar-refractivity contribution in [2.75, 3.05) is 26.2 Å². The summed E-state index contributed by atoms with van der Waals surface area (Å²) in [6, 6.07) is 14.6. The third-order valence-corrected chi connectivity index (χ3v) is 6.37. The molecule has 0 bridgehead atoms. The number of benzene rings is 2. The van der Waals surface area contributed by atoms with E-state index in [0.717, 1.165) is 6.54 Å². The zero-order chi connectivity index (χ0) is 17.2. The molecule has 1 saturated heterocycles. The molecule has 0 unspecified atom stereocenters. The van der Waals surface area contributed by atoms with Crippen LogP contribution in [0.5, 0.6) is 0 Å². The molecule has 1 heterocycles. The molecule has 0 N–H and O–H groups in total. The molecule has 4 nitrogen and oxygen atoms in total. The van der Waals surface area contributed by atoms with Crippen molar-refractivity contribution in [3.8, 4) is 0 Å². The average Bonchev–Trinajstić information content (AvgIpc) is 2.55. The van der Waals surface area contributed by atoms with Crippen molar-refractivity contribution in [3.05, 3.63) is 64.1 Å². The predicted molar refractivity (Wildman–Crippen MR) is 96.9 cm³/mol. The molecule has 0 atom stereocenters. The van der Waals surface area contributed by atoms with Gasteiger partial charge in [0, 0.05) is 42.8 Å². The Morgan fingerprint density at radius 3 is 2.04 bits per heavy atom. The molecule has 0 aliphatic carbocycles. The normalized spacial score (nSPS) is 17.1. The summed E-state index contributed by atoms with van der Waals surface area (Å²) in [5, 5.41) is 0.646. The van der Waals surface area contributed by atoms with Crippen LogP contribution in [-0.4, -0.2) is 43.8 Å². The van der Waals surface area contributed by atoms with Gasteiger partial charge >= 0.3 is 0 Å². The van der Waals surface area contributed by atoms with Crippen LogP contribution < -0.4 is 0 Å². The number of piperazine rings is 1. The fourth-order valence-electron chi connectivity index (χ4n) is 2.80. The fourth-order valence-corrected chi connectivity index (χ4v) is 4.95. The second kappa shape index (κ2) is 7.42. The molecule has 0 saturated carbocycles. The average molecular weight is 385 g/mol. The van der Waals surface area contributed by atoms with E-state index in [2.05, 4.69) is 17.0 Å². The predicted octanol–water partition coefficient (Wildman–Crippen LogP) is 3.50. The van der Waals surface area contributed by atoms with Crippen LogP contribution in [0.1, 0.15) is 5.56 Å². The number of halogens is 2. The molecule has 128 valence electrons. The maximum Gasteiger partial charge on any atom is 0.243 e. The summed E-state index contributed by atoms with van der Waals surface area (Å²) in [4.78, 5) is 2.41. The second-order valence-electron chi connectivity index (χ2n) is 5.77. The quantitative estimate of drug-likeness (QED) is 0.809. The van der Waals surface area contributed by atoms with E-state index in [9.17, 15) is 8.42 Å². The lowest BCUT2D eigenvalue weighted by Gasteiger charge is -2.34. The summed E-state index contributed by atoms with van der Waals surface area (Å²) in [6.45, 7) is 3.14. The Morgan fingerprint density at radius 1 is 0.875 bits per heavy atom. The maximum absolute atomic E-state index is 12.7.